The zero-order valence-corrected chi connectivity index (χ0v) is 9.02. The highest BCUT2D eigenvalue weighted by atomic mass is 79.9. The number of rotatable bonds is 2. The number of halogens is 3. The van der Waals surface area contributed by atoms with Crippen LogP contribution in [0.1, 0.15) is 17.9 Å². The third kappa shape index (κ3) is 1.57. The Kier molecular flexibility index (Phi) is 2.58. The molecule has 0 aromatic heterocycles. The molecule has 0 radical (unpaired) electrons. The van der Waals surface area contributed by atoms with E-state index in [-0.39, 0.29) is 10.4 Å². The summed E-state index contributed by atoms with van der Waals surface area (Å²) in [5.74, 6) is -0.499. The first-order valence-corrected chi connectivity index (χ1v) is 5.28. The van der Waals surface area contributed by atoms with E-state index >= 15 is 0 Å². The van der Waals surface area contributed by atoms with Crippen LogP contribution in [0.5, 0.6) is 0 Å². The maximum atomic E-state index is 13.5. The lowest BCUT2D eigenvalue weighted by Crippen LogP contribution is -2.03. The van der Waals surface area contributed by atoms with Crippen LogP contribution < -0.4 is 5.73 Å². The Bertz CT molecular complexity index is 367. The van der Waals surface area contributed by atoms with Gasteiger partial charge >= 0.3 is 0 Å². The molecule has 0 bridgehead atoms. The van der Waals surface area contributed by atoms with Crippen molar-refractivity contribution in [2.24, 2.45) is 11.7 Å². The van der Waals surface area contributed by atoms with Gasteiger partial charge in [0.25, 0.3) is 0 Å². The van der Waals surface area contributed by atoms with Crippen molar-refractivity contribution in [3.05, 3.63) is 33.8 Å². The molecular formula is C10H10BrF2N. The van der Waals surface area contributed by atoms with E-state index in [1.54, 1.807) is 0 Å². The minimum atomic E-state index is -0.559. The Morgan fingerprint density at radius 3 is 2.71 bits per heavy atom. The zero-order valence-electron chi connectivity index (χ0n) is 7.43. The lowest BCUT2D eigenvalue weighted by Gasteiger charge is -2.04. The average molecular weight is 262 g/mol. The van der Waals surface area contributed by atoms with Crippen molar-refractivity contribution in [1.29, 1.82) is 0 Å². The quantitative estimate of drug-likeness (QED) is 0.815. The number of benzene rings is 1. The molecule has 1 nitrogen and oxygen atoms in total. The Balaban J connectivity index is 2.32. The molecule has 2 N–H and O–H groups in total. The van der Waals surface area contributed by atoms with Crippen LogP contribution in [0.15, 0.2) is 16.6 Å². The largest absolute Gasteiger partial charge is 0.330 e. The van der Waals surface area contributed by atoms with Crippen molar-refractivity contribution in [1.82, 2.24) is 0 Å². The van der Waals surface area contributed by atoms with Gasteiger partial charge in [0.15, 0.2) is 0 Å². The van der Waals surface area contributed by atoms with Crippen LogP contribution in [0.25, 0.3) is 0 Å². The van der Waals surface area contributed by atoms with Crippen LogP contribution in [0.2, 0.25) is 0 Å². The molecule has 1 fully saturated rings. The Morgan fingerprint density at radius 2 is 2.14 bits per heavy atom. The normalized spacial score (nSPS) is 25.1. The van der Waals surface area contributed by atoms with Crippen molar-refractivity contribution in [2.45, 2.75) is 12.3 Å². The summed E-state index contributed by atoms with van der Waals surface area (Å²) < 4.78 is 26.4. The predicted molar refractivity (Wildman–Crippen MR) is 54.0 cm³/mol. The molecule has 2 unspecified atom stereocenters. The summed E-state index contributed by atoms with van der Waals surface area (Å²) in [7, 11) is 0. The minimum Gasteiger partial charge on any atom is -0.330 e. The molecular weight excluding hydrogens is 252 g/mol. The van der Waals surface area contributed by atoms with Crippen molar-refractivity contribution < 1.29 is 8.78 Å². The van der Waals surface area contributed by atoms with Crippen LogP contribution in [0, 0.1) is 17.6 Å². The maximum Gasteiger partial charge on any atom is 0.143 e. The average Bonchev–Trinajstić information content (AvgIpc) is 2.94. The minimum absolute atomic E-state index is 0.0716. The fraction of sp³-hybridized carbons (Fsp3) is 0.400. The van der Waals surface area contributed by atoms with E-state index in [1.165, 1.54) is 12.1 Å². The van der Waals surface area contributed by atoms with Gasteiger partial charge in [0, 0.05) is 0 Å². The standard InChI is InChI=1S/C10H10BrF2N/c11-9-8(12)2-1-6(10(9)13)7-3-5(7)4-14/h1-2,5,7H,3-4,14H2. The molecule has 1 aliphatic carbocycles. The van der Waals surface area contributed by atoms with Gasteiger partial charge in [-0.05, 0) is 52.4 Å². The van der Waals surface area contributed by atoms with Gasteiger partial charge in [-0.3, -0.25) is 0 Å². The molecule has 1 aliphatic rings. The Labute approximate surface area is 89.4 Å². The number of hydrogen-bond acceptors (Lipinski definition) is 1. The summed E-state index contributed by atoms with van der Waals surface area (Å²) in [4.78, 5) is 0. The number of hydrogen-bond donors (Lipinski definition) is 1. The van der Waals surface area contributed by atoms with Crippen LogP contribution in [-0.2, 0) is 0 Å². The summed E-state index contributed by atoms with van der Waals surface area (Å²) in [6.45, 7) is 0.569. The molecule has 1 saturated carbocycles. The molecule has 1 aromatic rings. The topological polar surface area (TPSA) is 26.0 Å². The summed E-state index contributed by atoms with van der Waals surface area (Å²) in [6, 6.07) is 2.80. The Hall–Kier alpha value is -0.480. The van der Waals surface area contributed by atoms with Gasteiger partial charge in [-0.15, -0.1) is 0 Å². The highest BCUT2D eigenvalue weighted by Crippen LogP contribution is 2.48. The van der Waals surface area contributed by atoms with E-state index in [9.17, 15) is 8.78 Å². The first-order valence-electron chi connectivity index (χ1n) is 4.48. The first kappa shape index (κ1) is 10.1. The maximum absolute atomic E-state index is 13.5. The van der Waals surface area contributed by atoms with Gasteiger partial charge in [0.1, 0.15) is 11.6 Å². The summed E-state index contributed by atoms with van der Waals surface area (Å²) in [5.41, 5.74) is 6.05. The molecule has 4 heteroatoms. The smallest absolute Gasteiger partial charge is 0.143 e. The third-order valence-electron chi connectivity index (χ3n) is 2.69. The fourth-order valence-electron chi connectivity index (χ4n) is 1.72. The van der Waals surface area contributed by atoms with Crippen LogP contribution in [0.4, 0.5) is 8.78 Å². The van der Waals surface area contributed by atoms with E-state index in [0.717, 1.165) is 6.42 Å². The molecule has 2 rings (SSSR count). The van der Waals surface area contributed by atoms with Crippen molar-refractivity contribution in [3.8, 4) is 0 Å². The molecule has 0 spiro atoms. The number of nitrogens with two attached hydrogens (primary N) is 1. The van der Waals surface area contributed by atoms with Crippen LogP contribution >= 0.6 is 15.9 Å². The van der Waals surface area contributed by atoms with Crippen molar-refractivity contribution >= 4 is 15.9 Å². The van der Waals surface area contributed by atoms with Gasteiger partial charge in [-0.25, -0.2) is 8.78 Å². The third-order valence-corrected chi connectivity index (χ3v) is 3.42. The summed E-state index contributed by atoms with van der Waals surface area (Å²) in [6.07, 6.45) is 0.908. The Morgan fingerprint density at radius 1 is 1.43 bits per heavy atom. The molecule has 76 valence electrons. The summed E-state index contributed by atoms with van der Waals surface area (Å²) in [5, 5.41) is 0. The SMILES string of the molecule is NCC1CC1c1ccc(F)c(Br)c1F. The van der Waals surface area contributed by atoms with Gasteiger partial charge in [0.2, 0.25) is 0 Å². The van der Waals surface area contributed by atoms with Crippen molar-refractivity contribution in [2.75, 3.05) is 6.54 Å². The van der Waals surface area contributed by atoms with E-state index in [2.05, 4.69) is 15.9 Å². The highest BCUT2D eigenvalue weighted by Gasteiger charge is 2.39. The monoisotopic (exact) mass is 261 g/mol. The van der Waals surface area contributed by atoms with E-state index in [0.29, 0.717) is 18.0 Å². The highest BCUT2D eigenvalue weighted by molar-refractivity contribution is 9.10. The van der Waals surface area contributed by atoms with Crippen LogP contribution in [0.3, 0.4) is 0 Å². The predicted octanol–water partition coefficient (Wildman–Crippen LogP) is 2.79. The van der Waals surface area contributed by atoms with Gasteiger partial charge in [-0.1, -0.05) is 6.07 Å². The molecule has 14 heavy (non-hydrogen) atoms. The second kappa shape index (κ2) is 3.59. The van der Waals surface area contributed by atoms with E-state index in [4.69, 9.17) is 5.73 Å². The second-order valence-corrected chi connectivity index (χ2v) is 4.40. The summed E-state index contributed by atoms with van der Waals surface area (Å²) >= 11 is 2.89. The molecule has 0 aliphatic heterocycles. The molecule has 0 saturated heterocycles. The lowest BCUT2D eigenvalue weighted by atomic mass is 10.1. The fourth-order valence-corrected chi connectivity index (χ4v) is 2.08. The molecule has 1 aromatic carbocycles. The molecule has 2 atom stereocenters. The van der Waals surface area contributed by atoms with Gasteiger partial charge in [-0.2, -0.15) is 0 Å². The van der Waals surface area contributed by atoms with Crippen LogP contribution in [-0.4, -0.2) is 6.54 Å². The second-order valence-electron chi connectivity index (χ2n) is 3.60. The van der Waals surface area contributed by atoms with E-state index in [1.807, 2.05) is 0 Å². The van der Waals surface area contributed by atoms with E-state index < -0.39 is 11.6 Å². The zero-order chi connectivity index (χ0) is 10.3. The first-order chi connectivity index (χ1) is 6.65. The molecule has 0 amide bonds. The van der Waals surface area contributed by atoms with Gasteiger partial charge < -0.3 is 5.73 Å². The van der Waals surface area contributed by atoms with Gasteiger partial charge in [0.05, 0.1) is 4.47 Å². The molecule has 0 heterocycles. The van der Waals surface area contributed by atoms with Crippen molar-refractivity contribution in [3.63, 3.8) is 0 Å². The lowest BCUT2D eigenvalue weighted by molar-refractivity contribution is 0.559.